The maximum atomic E-state index is 5.55. The van der Waals surface area contributed by atoms with Gasteiger partial charge >= 0.3 is 0 Å². The zero-order chi connectivity index (χ0) is 10.7. The number of aromatic amines is 1. The number of hydrogen-bond acceptors (Lipinski definition) is 3. The Morgan fingerprint density at radius 2 is 2.27 bits per heavy atom. The summed E-state index contributed by atoms with van der Waals surface area (Å²) < 4.78 is 0. The summed E-state index contributed by atoms with van der Waals surface area (Å²) in [7, 11) is 0. The third-order valence-electron chi connectivity index (χ3n) is 2.23. The predicted octanol–water partition coefficient (Wildman–Crippen LogP) is 2.01. The van der Waals surface area contributed by atoms with Gasteiger partial charge in [0.15, 0.2) is 0 Å². The smallest absolute Gasteiger partial charge is 0.145 e. The van der Waals surface area contributed by atoms with Crippen LogP contribution in [0.2, 0.25) is 0 Å². The topological polar surface area (TPSA) is 67.6 Å². The molecular weight excluding hydrogens is 188 g/mol. The molecule has 0 radical (unpaired) electrons. The van der Waals surface area contributed by atoms with E-state index in [0.29, 0.717) is 5.82 Å². The Labute approximate surface area is 88.5 Å². The molecule has 2 heterocycles. The first-order chi connectivity index (χ1) is 7.29. The van der Waals surface area contributed by atoms with Crippen molar-refractivity contribution < 1.29 is 0 Å². The molecule has 0 atom stereocenters. The highest BCUT2D eigenvalue weighted by molar-refractivity contribution is 5.61. The van der Waals surface area contributed by atoms with Gasteiger partial charge in [-0.25, -0.2) is 0 Å². The van der Waals surface area contributed by atoms with Gasteiger partial charge in [-0.2, -0.15) is 5.10 Å². The predicted molar refractivity (Wildman–Crippen MR) is 60.2 cm³/mol. The fraction of sp³-hybridized carbons (Fsp3) is 0.273. The number of H-pyrrole nitrogens is 1. The van der Waals surface area contributed by atoms with E-state index in [-0.39, 0.29) is 0 Å². The van der Waals surface area contributed by atoms with Crippen LogP contribution in [0.15, 0.2) is 24.4 Å². The van der Waals surface area contributed by atoms with Crippen molar-refractivity contribution in [3.05, 3.63) is 30.1 Å². The normalized spacial score (nSPS) is 10.5. The lowest BCUT2D eigenvalue weighted by molar-refractivity contribution is 0.883. The van der Waals surface area contributed by atoms with Crippen molar-refractivity contribution in [2.24, 2.45) is 0 Å². The molecule has 0 fully saturated rings. The number of anilines is 1. The minimum Gasteiger partial charge on any atom is -0.382 e. The van der Waals surface area contributed by atoms with Crippen LogP contribution in [0.5, 0.6) is 0 Å². The minimum absolute atomic E-state index is 0.513. The second-order valence-electron chi connectivity index (χ2n) is 3.49. The van der Waals surface area contributed by atoms with Gasteiger partial charge in [0.2, 0.25) is 0 Å². The molecule has 0 bridgehead atoms. The first kappa shape index (κ1) is 9.71. The number of nitrogens with zero attached hydrogens (tertiary/aromatic N) is 2. The molecule has 0 aliphatic carbocycles. The van der Waals surface area contributed by atoms with Crippen molar-refractivity contribution in [1.29, 1.82) is 0 Å². The zero-order valence-corrected chi connectivity index (χ0v) is 8.70. The Hall–Kier alpha value is -1.84. The number of hydrogen-bond donors (Lipinski definition) is 2. The maximum Gasteiger partial charge on any atom is 0.145 e. The van der Waals surface area contributed by atoms with E-state index < -0.39 is 0 Å². The highest BCUT2D eigenvalue weighted by Crippen LogP contribution is 2.18. The van der Waals surface area contributed by atoms with Gasteiger partial charge in [0, 0.05) is 23.5 Å². The quantitative estimate of drug-likeness (QED) is 0.800. The summed E-state index contributed by atoms with van der Waals surface area (Å²) in [6.45, 7) is 2.14. The van der Waals surface area contributed by atoms with E-state index in [1.165, 1.54) is 0 Å². The number of rotatable bonds is 3. The van der Waals surface area contributed by atoms with Crippen molar-refractivity contribution in [3.8, 4) is 11.3 Å². The summed E-state index contributed by atoms with van der Waals surface area (Å²) in [6.07, 6.45) is 3.91. The Kier molecular flexibility index (Phi) is 2.67. The number of nitrogen functional groups attached to an aromatic ring is 1. The van der Waals surface area contributed by atoms with Crippen LogP contribution >= 0.6 is 0 Å². The third kappa shape index (κ3) is 2.15. The molecular formula is C11H14N4. The molecule has 2 aromatic rings. The lowest BCUT2D eigenvalue weighted by atomic mass is 10.1. The molecule has 2 rings (SSSR count). The second kappa shape index (κ2) is 4.13. The van der Waals surface area contributed by atoms with Gasteiger partial charge in [0.25, 0.3) is 0 Å². The van der Waals surface area contributed by atoms with E-state index in [4.69, 9.17) is 5.73 Å². The van der Waals surface area contributed by atoms with Gasteiger partial charge in [0.05, 0.1) is 5.69 Å². The highest BCUT2D eigenvalue weighted by atomic mass is 15.2. The number of pyridine rings is 1. The summed E-state index contributed by atoms with van der Waals surface area (Å²) in [5.41, 5.74) is 8.67. The van der Waals surface area contributed by atoms with Crippen molar-refractivity contribution in [1.82, 2.24) is 15.2 Å². The molecule has 0 unspecified atom stereocenters. The van der Waals surface area contributed by atoms with Crippen molar-refractivity contribution in [2.45, 2.75) is 19.8 Å². The first-order valence-electron chi connectivity index (χ1n) is 5.06. The van der Waals surface area contributed by atoms with Gasteiger partial charge < -0.3 is 5.73 Å². The van der Waals surface area contributed by atoms with Gasteiger partial charge in [-0.05, 0) is 18.6 Å². The molecule has 0 aliphatic rings. The Bertz CT molecular complexity index is 447. The summed E-state index contributed by atoms with van der Waals surface area (Å²) >= 11 is 0. The zero-order valence-electron chi connectivity index (χ0n) is 8.70. The summed E-state index contributed by atoms with van der Waals surface area (Å²) in [6, 6.07) is 5.84. The van der Waals surface area contributed by atoms with Crippen LogP contribution in [0.4, 0.5) is 5.82 Å². The van der Waals surface area contributed by atoms with Crippen molar-refractivity contribution >= 4 is 5.82 Å². The number of aromatic nitrogens is 3. The number of aryl methyl sites for hydroxylation is 1. The summed E-state index contributed by atoms with van der Waals surface area (Å²) in [4.78, 5) is 4.30. The van der Waals surface area contributed by atoms with Gasteiger partial charge in [-0.3, -0.25) is 10.1 Å². The average Bonchev–Trinajstić information content (AvgIpc) is 2.66. The number of nitrogens with one attached hydrogen (secondary N) is 1. The fourth-order valence-electron chi connectivity index (χ4n) is 1.52. The second-order valence-corrected chi connectivity index (χ2v) is 3.49. The first-order valence-corrected chi connectivity index (χ1v) is 5.06. The molecule has 0 amide bonds. The SMILES string of the molecule is CCCc1cc(-c2cc(N)n[nH]2)ccn1. The van der Waals surface area contributed by atoms with Gasteiger partial charge in [-0.15, -0.1) is 0 Å². The molecule has 15 heavy (non-hydrogen) atoms. The third-order valence-corrected chi connectivity index (χ3v) is 2.23. The molecule has 0 saturated heterocycles. The lowest BCUT2D eigenvalue weighted by Gasteiger charge is -2.00. The Morgan fingerprint density at radius 1 is 1.40 bits per heavy atom. The molecule has 0 aliphatic heterocycles. The molecule has 0 aromatic carbocycles. The monoisotopic (exact) mass is 202 g/mol. The molecule has 78 valence electrons. The summed E-state index contributed by atoms with van der Waals surface area (Å²) in [5.74, 6) is 0.513. The fourth-order valence-corrected chi connectivity index (χ4v) is 1.52. The van der Waals surface area contributed by atoms with Crippen LogP contribution in [-0.2, 0) is 6.42 Å². The van der Waals surface area contributed by atoms with Gasteiger partial charge in [0.1, 0.15) is 5.82 Å². The molecule has 2 aromatic heterocycles. The molecule has 4 heteroatoms. The van der Waals surface area contributed by atoms with Crippen LogP contribution in [-0.4, -0.2) is 15.2 Å². The van der Waals surface area contributed by atoms with Crippen molar-refractivity contribution in [2.75, 3.05) is 5.73 Å². The van der Waals surface area contributed by atoms with E-state index in [1.807, 2.05) is 18.3 Å². The van der Waals surface area contributed by atoms with Crippen LogP contribution in [0.25, 0.3) is 11.3 Å². The van der Waals surface area contributed by atoms with Crippen LogP contribution in [0, 0.1) is 0 Å². The molecule has 4 nitrogen and oxygen atoms in total. The van der Waals surface area contributed by atoms with Gasteiger partial charge in [-0.1, -0.05) is 13.3 Å². The van der Waals surface area contributed by atoms with E-state index in [0.717, 1.165) is 29.8 Å². The van der Waals surface area contributed by atoms with E-state index in [9.17, 15) is 0 Å². The molecule has 0 saturated carbocycles. The van der Waals surface area contributed by atoms with E-state index in [1.54, 1.807) is 0 Å². The largest absolute Gasteiger partial charge is 0.382 e. The van der Waals surface area contributed by atoms with Crippen LogP contribution in [0.3, 0.4) is 0 Å². The number of nitrogens with two attached hydrogens (primary N) is 1. The molecule has 3 N–H and O–H groups in total. The maximum absolute atomic E-state index is 5.55. The van der Waals surface area contributed by atoms with Crippen LogP contribution in [0.1, 0.15) is 19.0 Å². The van der Waals surface area contributed by atoms with Crippen molar-refractivity contribution in [3.63, 3.8) is 0 Å². The summed E-state index contributed by atoms with van der Waals surface area (Å²) in [5, 5.41) is 6.79. The Morgan fingerprint density at radius 3 is 2.93 bits per heavy atom. The van der Waals surface area contributed by atoms with E-state index in [2.05, 4.69) is 28.2 Å². The molecule has 0 spiro atoms. The van der Waals surface area contributed by atoms with E-state index >= 15 is 0 Å². The van der Waals surface area contributed by atoms with Crippen LogP contribution < -0.4 is 5.73 Å². The highest BCUT2D eigenvalue weighted by Gasteiger charge is 2.02. The average molecular weight is 202 g/mol. The lowest BCUT2D eigenvalue weighted by Crippen LogP contribution is -1.89. The Balaban J connectivity index is 2.32. The standard InChI is InChI=1S/C11H14N4/c1-2-3-9-6-8(4-5-13-9)10-7-11(12)15-14-10/h4-7H,2-3H2,1H3,(H3,12,14,15). The minimum atomic E-state index is 0.513.